The van der Waals surface area contributed by atoms with Gasteiger partial charge >= 0.3 is 11.9 Å². The SMILES string of the molecule is COC(=O)[C@@H](CC(C)C)NC(=O)COC(=O)c1cc(Cl)c2c(c1)OCCO2. The van der Waals surface area contributed by atoms with Crippen LogP contribution < -0.4 is 14.8 Å². The van der Waals surface area contributed by atoms with Gasteiger partial charge in [0.2, 0.25) is 0 Å². The third kappa shape index (κ3) is 5.75. The molecule has 0 radical (unpaired) electrons. The number of nitrogens with one attached hydrogen (secondary N) is 1. The summed E-state index contributed by atoms with van der Waals surface area (Å²) >= 11 is 6.08. The monoisotopic (exact) mass is 399 g/mol. The van der Waals surface area contributed by atoms with Crippen molar-refractivity contribution in [3.63, 3.8) is 0 Å². The quantitative estimate of drug-likeness (QED) is 0.699. The minimum Gasteiger partial charge on any atom is -0.486 e. The van der Waals surface area contributed by atoms with Crippen molar-refractivity contribution >= 4 is 29.4 Å². The molecule has 0 bridgehead atoms. The van der Waals surface area contributed by atoms with Gasteiger partial charge in [0.15, 0.2) is 18.1 Å². The summed E-state index contributed by atoms with van der Waals surface area (Å²) < 4.78 is 20.4. The van der Waals surface area contributed by atoms with E-state index in [0.29, 0.717) is 31.1 Å². The Morgan fingerprint density at radius 3 is 2.59 bits per heavy atom. The first-order valence-electron chi connectivity index (χ1n) is 8.45. The molecule has 27 heavy (non-hydrogen) atoms. The Kier molecular flexibility index (Phi) is 7.29. The largest absolute Gasteiger partial charge is 0.486 e. The lowest BCUT2D eigenvalue weighted by Gasteiger charge is -2.20. The Hall–Kier alpha value is -2.48. The van der Waals surface area contributed by atoms with E-state index in [9.17, 15) is 14.4 Å². The van der Waals surface area contributed by atoms with Gasteiger partial charge in [-0.15, -0.1) is 0 Å². The van der Waals surface area contributed by atoms with Crippen LogP contribution in [-0.2, 0) is 19.1 Å². The Morgan fingerprint density at radius 1 is 1.22 bits per heavy atom. The summed E-state index contributed by atoms with van der Waals surface area (Å²) in [7, 11) is 1.24. The molecular weight excluding hydrogens is 378 g/mol. The lowest BCUT2D eigenvalue weighted by atomic mass is 10.0. The van der Waals surface area contributed by atoms with Crippen molar-refractivity contribution in [2.45, 2.75) is 26.3 Å². The molecule has 1 heterocycles. The second-order valence-electron chi connectivity index (χ2n) is 6.33. The van der Waals surface area contributed by atoms with Gasteiger partial charge < -0.3 is 24.3 Å². The van der Waals surface area contributed by atoms with Crippen LogP contribution in [0.15, 0.2) is 12.1 Å². The molecule has 148 valence electrons. The number of hydrogen-bond acceptors (Lipinski definition) is 7. The van der Waals surface area contributed by atoms with E-state index < -0.39 is 30.5 Å². The highest BCUT2D eigenvalue weighted by Crippen LogP contribution is 2.38. The highest BCUT2D eigenvalue weighted by atomic mass is 35.5. The number of halogens is 1. The molecule has 0 saturated heterocycles. The zero-order valence-electron chi connectivity index (χ0n) is 15.4. The van der Waals surface area contributed by atoms with Gasteiger partial charge in [0.1, 0.15) is 19.3 Å². The smallest absolute Gasteiger partial charge is 0.338 e. The van der Waals surface area contributed by atoms with Crippen LogP contribution in [0.25, 0.3) is 0 Å². The lowest BCUT2D eigenvalue weighted by molar-refractivity contribution is -0.145. The minimum atomic E-state index is -0.801. The van der Waals surface area contributed by atoms with Gasteiger partial charge in [0, 0.05) is 0 Å². The van der Waals surface area contributed by atoms with E-state index in [0.717, 1.165) is 0 Å². The van der Waals surface area contributed by atoms with E-state index in [1.54, 1.807) is 0 Å². The van der Waals surface area contributed by atoms with Gasteiger partial charge in [-0.2, -0.15) is 0 Å². The molecule has 0 unspecified atom stereocenters. The first-order valence-corrected chi connectivity index (χ1v) is 8.83. The van der Waals surface area contributed by atoms with E-state index in [4.69, 9.17) is 25.8 Å². The average Bonchev–Trinajstić information content (AvgIpc) is 2.64. The molecule has 0 aliphatic carbocycles. The second-order valence-corrected chi connectivity index (χ2v) is 6.74. The molecule has 1 aliphatic rings. The number of hydrogen-bond donors (Lipinski definition) is 1. The Bertz CT molecular complexity index is 720. The van der Waals surface area contributed by atoms with Crippen molar-refractivity contribution in [3.05, 3.63) is 22.7 Å². The number of ether oxygens (including phenoxy) is 4. The fraction of sp³-hybridized carbons (Fsp3) is 0.500. The molecule has 0 aromatic heterocycles. The summed E-state index contributed by atoms with van der Waals surface area (Å²) in [4.78, 5) is 35.9. The fourth-order valence-corrected chi connectivity index (χ4v) is 2.77. The molecule has 9 heteroatoms. The normalized spacial score (nSPS) is 13.7. The number of fused-ring (bicyclic) bond motifs is 1. The van der Waals surface area contributed by atoms with Crippen molar-refractivity contribution in [1.29, 1.82) is 0 Å². The Morgan fingerprint density at radius 2 is 1.93 bits per heavy atom. The molecule has 1 aromatic rings. The van der Waals surface area contributed by atoms with E-state index in [2.05, 4.69) is 10.1 Å². The molecule has 8 nitrogen and oxygen atoms in total. The number of esters is 2. The molecule has 1 aromatic carbocycles. The number of methoxy groups -OCH3 is 1. The summed E-state index contributed by atoms with van der Waals surface area (Å²) in [6.07, 6.45) is 0.407. The Labute approximate surface area is 162 Å². The number of amides is 1. The van der Waals surface area contributed by atoms with Gasteiger partial charge in [0.05, 0.1) is 17.7 Å². The van der Waals surface area contributed by atoms with E-state index >= 15 is 0 Å². The average molecular weight is 400 g/mol. The predicted octanol–water partition coefficient (Wildman–Crippen LogP) is 1.97. The van der Waals surface area contributed by atoms with E-state index in [-0.39, 0.29) is 16.5 Å². The second kappa shape index (κ2) is 9.45. The third-order valence-electron chi connectivity index (χ3n) is 3.69. The molecule has 1 aliphatic heterocycles. The molecule has 1 atom stereocenters. The summed E-state index contributed by atoms with van der Waals surface area (Å²) in [5, 5.41) is 2.72. The number of rotatable bonds is 7. The van der Waals surface area contributed by atoms with Crippen LogP contribution in [0.3, 0.4) is 0 Å². The maximum Gasteiger partial charge on any atom is 0.338 e. The van der Waals surface area contributed by atoms with Gasteiger partial charge in [-0.3, -0.25) is 4.79 Å². The third-order valence-corrected chi connectivity index (χ3v) is 3.98. The maximum atomic E-state index is 12.2. The number of carbonyl (C=O) groups excluding carboxylic acids is 3. The topological polar surface area (TPSA) is 100 Å². The number of carbonyl (C=O) groups is 3. The van der Waals surface area contributed by atoms with Crippen molar-refractivity contribution in [3.8, 4) is 11.5 Å². The zero-order valence-corrected chi connectivity index (χ0v) is 16.1. The van der Waals surface area contributed by atoms with Crippen LogP contribution in [0.4, 0.5) is 0 Å². The van der Waals surface area contributed by atoms with Crippen LogP contribution in [0, 0.1) is 5.92 Å². The molecule has 0 spiro atoms. The molecule has 1 amide bonds. The first kappa shape index (κ1) is 20.8. The molecule has 0 fully saturated rings. The van der Waals surface area contributed by atoms with Crippen LogP contribution >= 0.6 is 11.6 Å². The highest BCUT2D eigenvalue weighted by molar-refractivity contribution is 6.32. The number of benzene rings is 1. The van der Waals surface area contributed by atoms with Crippen molar-refractivity contribution < 1.29 is 33.3 Å². The molecule has 2 rings (SSSR count). The van der Waals surface area contributed by atoms with E-state index in [1.807, 2.05) is 13.8 Å². The summed E-state index contributed by atoms with van der Waals surface area (Å²) in [6.45, 7) is 3.99. The van der Waals surface area contributed by atoms with Gasteiger partial charge in [-0.05, 0) is 24.5 Å². The fourth-order valence-electron chi connectivity index (χ4n) is 2.51. The predicted molar refractivity (Wildman–Crippen MR) is 96.1 cm³/mol. The molecular formula is C18H22ClNO7. The minimum absolute atomic E-state index is 0.128. The van der Waals surface area contributed by atoms with Crippen LogP contribution in [0.5, 0.6) is 11.5 Å². The Balaban J connectivity index is 1.95. The summed E-state index contributed by atoms with van der Waals surface area (Å²) in [5.74, 6) is -1.04. The van der Waals surface area contributed by atoms with Gasteiger partial charge in [-0.1, -0.05) is 25.4 Å². The summed E-state index contributed by atoms with van der Waals surface area (Å²) in [6, 6.07) is 2.02. The van der Waals surface area contributed by atoms with Gasteiger partial charge in [0.25, 0.3) is 5.91 Å². The molecule has 1 N–H and O–H groups in total. The standard InChI is InChI=1S/C18H22ClNO7/c1-10(2)6-13(18(23)24-3)20-15(21)9-27-17(22)11-7-12(19)16-14(8-11)25-4-5-26-16/h7-8,10,13H,4-6,9H2,1-3H3,(H,20,21)/t13-/m1/s1. The maximum absolute atomic E-state index is 12.2. The van der Waals surface area contributed by atoms with Crippen LogP contribution in [0.2, 0.25) is 5.02 Å². The molecule has 0 saturated carbocycles. The highest BCUT2D eigenvalue weighted by Gasteiger charge is 2.24. The van der Waals surface area contributed by atoms with Gasteiger partial charge in [-0.25, -0.2) is 9.59 Å². The zero-order chi connectivity index (χ0) is 20.0. The van der Waals surface area contributed by atoms with Crippen LogP contribution in [-0.4, -0.2) is 50.8 Å². The lowest BCUT2D eigenvalue weighted by Crippen LogP contribution is -2.44. The van der Waals surface area contributed by atoms with Crippen LogP contribution in [0.1, 0.15) is 30.6 Å². The van der Waals surface area contributed by atoms with E-state index in [1.165, 1.54) is 19.2 Å². The van der Waals surface area contributed by atoms with Crippen molar-refractivity contribution in [2.75, 3.05) is 26.9 Å². The van der Waals surface area contributed by atoms with Crippen molar-refractivity contribution in [2.24, 2.45) is 5.92 Å². The summed E-state index contributed by atoms with van der Waals surface area (Å²) in [5.41, 5.74) is 0.128. The van der Waals surface area contributed by atoms with Crippen molar-refractivity contribution in [1.82, 2.24) is 5.32 Å². The first-order chi connectivity index (χ1) is 12.8.